The molecule has 12 heteroatoms. The molecule has 0 aliphatic rings. The second-order valence-corrected chi connectivity index (χ2v) is 8.64. The van der Waals surface area contributed by atoms with Crippen LogP contribution in [-0.4, -0.2) is 35.6 Å². The van der Waals surface area contributed by atoms with Crippen LogP contribution < -0.4 is 10.9 Å². The van der Waals surface area contributed by atoms with Crippen LogP contribution in [0.2, 0.25) is 0 Å². The number of amides is 1. The van der Waals surface area contributed by atoms with E-state index in [4.69, 9.17) is 9.47 Å². The molecule has 0 aliphatic heterocycles. The minimum Gasteiger partial charge on any atom is -0.462 e. The minimum atomic E-state index is -4.70. The largest absolute Gasteiger partial charge is 0.462 e. The normalized spacial score (nSPS) is 11.1. The summed E-state index contributed by atoms with van der Waals surface area (Å²) in [4.78, 5) is 49.7. The molecule has 36 heavy (non-hydrogen) atoms. The molecule has 0 fully saturated rings. The van der Waals surface area contributed by atoms with Gasteiger partial charge in [-0.2, -0.15) is 13.2 Å². The molecule has 0 unspecified atom stereocenters. The molecule has 1 N–H and O–H groups in total. The number of nitrogens with one attached hydrogen (secondary N) is 1. The lowest BCUT2D eigenvalue weighted by molar-refractivity contribution is -0.148. The highest BCUT2D eigenvalue weighted by Crippen LogP contribution is 2.40. The monoisotopic (exact) mass is 522 g/mol. The molecule has 2 heterocycles. The molecular weight excluding hydrogens is 501 g/mol. The third kappa shape index (κ3) is 6.39. The van der Waals surface area contributed by atoms with Crippen molar-refractivity contribution in [2.45, 2.75) is 26.6 Å². The second-order valence-electron chi connectivity index (χ2n) is 7.41. The van der Waals surface area contributed by atoms with Crippen LogP contribution in [0.25, 0.3) is 11.1 Å². The van der Waals surface area contributed by atoms with Crippen LogP contribution >= 0.6 is 11.3 Å². The number of aryl methyl sites for hydroxylation is 1. The van der Waals surface area contributed by atoms with Gasteiger partial charge in [0.05, 0.1) is 12.2 Å². The van der Waals surface area contributed by atoms with E-state index >= 15 is 0 Å². The molecule has 0 aliphatic carbocycles. The summed E-state index contributed by atoms with van der Waals surface area (Å²) in [5.41, 5.74) is -0.462. The molecule has 3 aromatic rings. The maximum Gasteiger partial charge on any atom is 0.417 e. The third-order valence-corrected chi connectivity index (χ3v) is 5.87. The number of halogens is 3. The number of thiophene rings is 1. The van der Waals surface area contributed by atoms with Crippen LogP contribution in [0.3, 0.4) is 0 Å². The number of alkyl halides is 3. The number of carbonyl (C=O) groups is 3. The van der Waals surface area contributed by atoms with Crippen molar-refractivity contribution in [2.75, 3.05) is 18.5 Å². The van der Waals surface area contributed by atoms with E-state index in [9.17, 15) is 32.3 Å². The fourth-order valence-electron chi connectivity index (χ4n) is 3.30. The van der Waals surface area contributed by atoms with Crippen molar-refractivity contribution in [3.63, 3.8) is 0 Å². The molecule has 0 radical (unpaired) electrons. The zero-order chi connectivity index (χ0) is 26.5. The van der Waals surface area contributed by atoms with Crippen molar-refractivity contribution in [3.05, 3.63) is 75.0 Å². The lowest BCUT2D eigenvalue weighted by Gasteiger charge is -2.11. The molecule has 0 spiro atoms. The van der Waals surface area contributed by atoms with Crippen molar-refractivity contribution in [2.24, 2.45) is 0 Å². The first-order chi connectivity index (χ1) is 17.0. The van der Waals surface area contributed by atoms with Crippen molar-refractivity contribution in [1.82, 2.24) is 4.57 Å². The number of hydrogen-bond acceptors (Lipinski definition) is 7. The molecule has 8 nitrogen and oxygen atoms in total. The number of esters is 2. The minimum absolute atomic E-state index is 0.113. The average molecular weight is 523 g/mol. The number of hydrogen-bond donors (Lipinski definition) is 1. The first-order valence-corrected chi connectivity index (χ1v) is 11.4. The zero-order valence-corrected chi connectivity index (χ0v) is 20.0. The van der Waals surface area contributed by atoms with Gasteiger partial charge >= 0.3 is 18.1 Å². The summed E-state index contributed by atoms with van der Waals surface area (Å²) < 4.78 is 49.1. The highest BCUT2D eigenvalue weighted by atomic mass is 32.1. The third-order valence-electron chi connectivity index (χ3n) is 4.85. The number of pyridine rings is 1. The standard InChI is InChI=1S/C24H21F3N2O6S/c1-3-34-23(33)21-20(15-7-5-4-6-8-15)14(2)36-22(21)28-17(30)13-35-19(32)12-29-11-16(24(25,26)27)9-10-18(29)31/h4-11H,3,12-13H2,1-2H3,(H,28,30). The van der Waals surface area contributed by atoms with E-state index < -0.39 is 48.3 Å². The van der Waals surface area contributed by atoms with Crippen molar-refractivity contribution in [1.29, 1.82) is 0 Å². The summed E-state index contributed by atoms with van der Waals surface area (Å²) >= 11 is 1.14. The van der Waals surface area contributed by atoms with Crippen molar-refractivity contribution < 1.29 is 37.0 Å². The summed E-state index contributed by atoms with van der Waals surface area (Å²) in [6.07, 6.45) is -4.21. The van der Waals surface area contributed by atoms with Crippen LogP contribution in [0.15, 0.2) is 53.5 Å². The molecular formula is C24H21F3N2O6S. The fraction of sp³-hybridized carbons (Fsp3) is 0.250. The lowest BCUT2D eigenvalue weighted by Crippen LogP contribution is -2.28. The van der Waals surface area contributed by atoms with Gasteiger partial charge in [-0.1, -0.05) is 30.3 Å². The smallest absolute Gasteiger partial charge is 0.417 e. The Bertz CT molecular complexity index is 1330. The van der Waals surface area contributed by atoms with Crippen molar-refractivity contribution >= 4 is 34.2 Å². The fourth-order valence-corrected chi connectivity index (χ4v) is 4.38. The van der Waals surface area contributed by atoms with Crippen LogP contribution in [0.5, 0.6) is 0 Å². The Morgan fingerprint density at radius 3 is 2.39 bits per heavy atom. The Morgan fingerprint density at radius 2 is 1.75 bits per heavy atom. The molecule has 0 saturated carbocycles. The summed E-state index contributed by atoms with van der Waals surface area (Å²) in [6.45, 7) is 1.93. The molecule has 2 aromatic heterocycles. The van der Waals surface area contributed by atoms with E-state index in [1.54, 1.807) is 38.1 Å². The lowest BCUT2D eigenvalue weighted by atomic mass is 10.0. The van der Waals surface area contributed by atoms with Gasteiger partial charge < -0.3 is 19.4 Å². The number of aromatic nitrogens is 1. The number of nitrogens with zero attached hydrogens (tertiary/aromatic N) is 1. The summed E-state index contributed by atoms with van der Waals surface area (Å²) in [7, 11) is 0. The summed E-state index contributed by atoms with van der Waals surface area (Å²) in [6, 6.07) is 10.3. The molecule has 0 atom stereocenters. The Balaban J connectivity index is 1.73. The van der Waals surface area contributed by atoms with Crippen LogP contribution in [0.4, 0.5) is 18.2 Å². The van der Waals surface area contributed by atoms with Crippen LogP contribution in [-0.2, 0) is 31.8 Å². The van der Waals surface area contributed by atoms with Gasteiger partial charge in [-0.05, 0) is 25.5 Å². The molecule has 1 aromatic carbocycles. The quantitative estimate of drug-likeness (QED) is 0.444. The van der Waals surface area contributed by atoms with E-state index in [1.165, 1.54) is 0 Å². The highest BCUT2D eigenvalue weighted by molar-refractivity contribution is 7.17. The predicted molar refractivity (Wildman–Crippen MR) is 126 cm³/mol. The second kappa shape index (κ2) is 11.2. The highest BCUT2D eigenvalue weighted by Gasteiger charge is 2.31. The number of anilines is 1. The van der Waals surface area contributed by atoms with Gasteiger partial charge in [0.15, 0.2) is 6.61 Å². The predicted octanol–water partition coefficient (Wildman–Crippen LogP) is 4.26. The summed E-state index contributed by atoms with van der Waals surface area (Å²) in [5.74, 6) is -2.52. The first-order valence-electron chi connectivity index (χ1n) is 10.6. The number of benzene rings is 1. The number of ether oxygens (including phenoxy) is 2. The Labute approximate surface area is 207 Å². The van der Waals surface area contributed by atoms with E-state index in [2.05, 4.69) is 5.32 Å². The van der Waals surface area contributed by atoms with Gasteiger partial charge in [-0.25, -0.2) is 4.79 Å². The van der Waals surface area contributed by atoms with Gasteiger partial charge in [-0.15, -0.1) is 11.3 Å². The Hall–Kier alpha value is -3.93. The molecule has 0 bridgehead atoms. The van der Waals surface area contributed by atoms with Crippen LogP contribution in [0.1, 0.15) is 27.7 Å². The van der Waals surface area contributed by atoms with E-state index in [0.717, 1.165) is 21.8 Å². The maximum atomic E-state index is 12.9. The topological polar surface area (TPSA) is 104 Å². The van der Waals surface area contributed by atoms with Crippen LogP contribution in [0, 0.1) is 6.92 Å². The van der Waals surface area contributed by atoms with E-state index in [1.807, 2.05) is 6.07 Å². The molecule has 0 saturated heterocycles. The van der Waals surface area contributed by atoms with Gasteiger partial charge in [0.25, 0.3) is 11.5 Å². The molecule has 1 amide bonds. The average Bonchev–Trinajstić information content (AvgIpc) is 3.14. The van der Waals surface area contributed by atoms with E-state index in [0.29, 0.717) is 28.5 Å². The number of carbonyl (C=O) groups excluding carboxylic acids is 3. The van der Waals surface area contributed by atoms with Gasteiger partial charge in [-0.3, -0.25) is 14.4 Å². The van der Waals surface area contributed by atoms with Crippen molar-refractivity contribution in [3.8, 4) is 11.1 Å². The van der Waals surface area contributed by atoms with E-state index in [-0.39, 0.29) is 17.2 Å². The Morgan fingerprint density at radius 1 is 1.06 bits per heavy atom. The summed E-state index contributed by atoms with van der Waals surface area (Å²) in [5, 5.41) is 2.72. The number of rotatable bonds is 8. The maximum absolute atomic E-state index is 12.9. The van der Waals surface area contributed by atoms with Gasteiger partial charge in [0.2, 0.25) is 0 Å². The van der Waals surface area contributed by atoms with Gasteiger partial charge in [0.1, 0.15) is 17.1 Å². The first kappa shape index (κ1) is 26.7. The van der Waals surface area contributed by atoms with Gasteiger partial charge in [0, 0.05) is 22.7 Å². The zero-order valence-electron chi connectivity index (χ0n) is 19.2. The molecule has 3 rings (SSSR count). The molecule has 190 valence electrons. The SMILES string of the molecule is CCOC(=O)c1c(NC(=O)COC(=O)Cn2cc(C(F)(F)F)ccc2=O)sc(C)c1-c1ccccc1. The Kier molecular flexibility index (Phi) is 8.30.